The molecule has 1 N–H and O–H groups in total. The Hall–Kier alpha value is -4.94. The lowest BCUT2D eigenvalue weighted by Crippen LogP contribution is -2.17. The van der Waals surface area contributed by atoms with Gasteiger partial charge in [-0.15, -0.1) is 12.4 Å². The maximum atomic E-state index is 14.1. The monoisotopic (exact) mass is 588 g/mol. The second kappa shape index (κ2) is 12.7. The average molecular weight is 589 g/mol. The summed E-state index contributed by atoms with van der Waals surface area (Å²) in [5.41, 5.74) is 2.18. The van der Waals surface area contributed by atoms with Gasteiger partial charge in [0.1, 0.15) is 18.2 Å². The maximum Gasteiger partial charge on any atom is 0.417 e. The minimum atomic E-state index is -4.74. The van der Waals surface area contributed by atoms with E-state index in [4.69, 9.17) is 4.74 Å². The molecule has 5 rings (SSSR count). The first kappa shape index (κ1) is 30.0. The van der Waals surface area contributed by atoms with Crippen LogP contribution in [0.3, 0.4) is 0 Å². The van der Waals surface area contributed by atoms with E-state index < -0.39 is 23.0 Å². The van der Waals surface area contributed by atoms with E-state index in [-0.39, 0.29) is 36.4 Å². The minimum absolute atomic E-state index is 0. The van der Waals surface area contributed by atoms with Gasteiger partial charge in [-0.1, -0.05) is 41.7 Å². The average Bonchev–Trinajstić information content (AvgIpc) is 2.95. The van der Waals surface area contributed by atoms with Gasteiger partial charge in [-0.25, -0.2) is 9.78 Å². The summed E-state index contributed by atoms with van der Waals surface area (Å²) in [6.07, 6.45) is -4.74. The second-order valence-electron chi connectivity index (χ2n) is 9.25. The van der Waals surface area contributed by atoms with Crippen LogP contribution in [0.2, 0.25) is 0 Å². The Kier molecular flexibility index (Phi) is 9.09. The predicted molar refractivity (Wildman–Crippen MR) is 156 cm³/mol. The molecule has 2 aromatic heterocycles. The Labute approximate surface area is 246 Å². The van der Waals surface area contributed by atoms with Gasteiger partial charge < -0.3 is 4.74 Å². The first-order valence-corrected chi connectivity index (χ1v) is 12.6. The molecule has 0 radical (unpaired) electrons. The van der Waals surface area contributed by atoms with Gasteiger partial charge in [0.25, 0.3) is 0 Å². The van der Waals surface area contributed by atoms with E-state index in [0.29, 0.717) is 16.8 Å². The highest BCUT2D eigenvalue weighted by atomic mass is 35.5. The molecule has 6 nitrogen and oxygen atoms in total. The number of aromatic nitrogens is 4. The molecule has 0 aliphatic carbocycles. The van der Waals surface area contributed by atoms with Gasteiger partial charge in [-0.05, 0) is 74.5 Å². The number of nitrogens with one attached hydrogen (secondary N) is 1. The third-order valence-corrected chi connectivity index (χ3v) is 6.09. The van der Waals surface area contributed by atoms with Crippen molar-refractivity contribution >= 4 is 12.4 Å². The van der Waals surface area contributed by atoms with Crippen molar-refractivity contribution in [3.8, 4) is 40.4 Å². The van der Waals surface area contributed by atoms with Crippen LogP contribution in [0.25, 0.3) is 22.8 Å². The molecule has 0 fully saturated rings. The fourth-order valence-corrected chi connectivity index (χ4v) is 4.08. The molecule has 0 aliphatic heterocycles. The number of rotatable bonds is 5. The van der Waals surface area contributed by atoms with Gasteiger partial charge >= 0.3 is 11.9 Å². The zero-order valence-electron chi connectivity index (χ0n) is 22.5. The number of ether oxygens (including phenoxy) is 1. The molecule has 0 unspecified atom stereocenters. The van der Waals surface area contributed by atoms with Gasteiger partial charge in [0.05, 0.1) is 16.8 Å². The molecule has 3 aromatic carbocycles. The Bertz CT molecular complexity index is 1830. The number of hydrogen-bond acceptors (Lipinski definition) is 5. The third-order valence-electron chi connectivity index (χ3n) is 6.09. The molecule has 0 atom stereocenters. The number of halogens is 4. The molecule has 0 saturated carbocycles. The number of alkyl halides is 3. The van der Waals surface area contributed by atoms with E-state index in [9.17, 15) is 18.0 Å². The van der Waals surface area contributed by atoms with Crippen molar-refractivity contribution in [1.82, 2.24) is 19.9 Å². The summed E-state index contributed by atoms with van der Waals surface area (Å²) in [7, 11) is 0. The first-order chi connectivity index (χ1) is 19.7. The molecule has 0 amide bonds. The largest absolute Gasteiger partial charge is 0.487 e. The standard InChI is InChI=1S/C32H23F3N4O2.ClH/c1-20-9-11-22(12-10-20)13-14-23-15-17-24(18-16-23)29-37-30(39-31(40)38-29)28-26(32(33,34)35)7-4-8-27(28)41-19-25-6-3-5-21(2)36-25;/h3-12,15-18H,19H2,1-2H3,(H,37,38,39,40);1H. The van der Waals surface area contributed by atoms with Crippen LogP contribution in [0.5, 0.6) is 5.75 Å². The van der Waals surface area contributed by atoms with Crippen molar-refractivity contribution in [3.63, 3.8) is 0 Å². The number of nitrogens with zero attached hydrogens (tertiary/aromatic N) is 3. The van der Waals surface area contributed by atoms with Crippen LogP contribution in [-0.4, -0.2) is 19.9 Å². The molecule has 0 bridgehead atoms. The van der Waals surface area contributed by atoms with Crippen LogP contribution in [-0.2, 0) is 12.8 Å². The minimum Gasteiger partial charge on any atom is -0.487 e. The van der Waals surface area contributed by atoms with Crippen LogP contribution in [0.4, 0.5) is 13.2 Å². The van der Waals surface area contributed by atoms with Crippen LogP contribution in [0.1, 0.15) is 33.6 Å². The van der Waals surface area contributed by atoms with Crippen molar-refractivity contribution in [2.75, 3.05) is 0 Å². The molecular formula is C32H24ClF3N4O2. The molecule has 5 aromatic rings. The lowest BCUT2D eigenvalue weighted by molar-refractivity contribution is -0.137. The SMILES string of the molecule is Cc1ccc(C#Cc2ccc(-c3nc(-c4c(OCc5cccc(C)n5)cccc4C(F)(F)F)[nH]c(=O)n3)cc2)cc1.Cl. The molecule has 10 heteroatoms. The molecule has 212 valence electrons. The van der Waals surface area contributed by atoms with Crippen molar-refractivity contribution in [3.05, 3.63) is 129 Å². The Morgan fingerprint density at radius 3 is 2.10 bits per heavy atom. The van der Waals surface area contributed by atoms with Gasteiger partial charge in [0.15, 0.2) is 5.82 Å². The molecule has 0 aliphatic rings. The van der Waals surface area contributed by atoms with Gasteiger partial charge in [-0.2, -0.15) is 18.2 Å². The molecule has 42 heavy (non-hydrogen) atoms. The quantitative estimate of drug-likeness (QED) is 0.225. The summed E-state index contributed by atoms with van der Waals surface area (Å²) in [5, 5.41) is 0. The van der Waals surface area contributed by atoms with Gasteiger partial charge in [0, 0.05) is 22.4 Å². The van der Waals surface area contributed by atoms with E-state index in [2.05, 4.69) is 31.8 Å². The van der Waals surface area contributed by atoms with E-state index in [1.165, 1.54) is 12.1 Å². The summed E-state index contributed by atoms with van der Waals surface area (Å²) in [6.45, 7) is 3.72. The van der Waals surface area contributed by atoms with E-state index in [1.807, 2.05) is 31.2 Å². The number of aryl methyl sites for hydroxylation is 2. The lowest BCUT2D eigenvalue weighted by Gasteiger charge is -2.17. The highest BCUT2D eigenvalue weighted by Gasteiger charge is 2.36. The van der Waals surface area contributed by atoms with Crippen molar-refractivity contribution in [2.24, 2.45) is 0 Å². The van der Waals surface area contributed by atoms with Crippen LogP contribution in [0, 0.1) is 25.7 Å². The zero-order valence-corrected chi connectivity index (χ0v) is 23.3. The Morgan fingerprint density at radius 1 is 0.810 bits per heavy atom. The number of H-pyrrole nitrogens is 1. The number of pyridine rings is 1. The summed E-state index contributed by atoms with van der Waals surface area (Å²) in [4.78, 5) is 27.4. The second-order valence-corrected chi connectivity index (χ2v) is 9.25. The van der Waals surface area contributed by atoms with Crippen molar-refractivity contribution in [2.45, 2.75) is 26.6 Å². The first-order valence-electron chi connectivity index (χ1n) is 12.6. The normalized spacial score (nSPS) is 10.8. The number of hydrogen-bond donors (Lipinski definition) is 1. The molecule has 2 heterocycles. The summed E-state index contributed by atoms with van der Waals surface area (Å²) in [5.74, 6) is 5.68. The van der Waals surface area contributed by atoms with E-state index in [0.717, 1.165) is 22.9 Å². The predicted octanol–water partition coefficient (Wildman–Crippen LogP) is 6.93. The van der Waals surface area contributed by atoms with Gasteiger partial charge in [-0.3, -0.25) is 9.97 Å². The van der Waals surface area contributed by atoms with Crippen LogP contribution in [0.15, 0.2) is 89.7 Å². The van der Waals surface area contributed by atoms with Crippen molar-refractivity contribution < 1.29 is 17.9 Å². The number of benzene rings is 3. The smallest absolute Gasteiger partial charge is 0.417 e. The maximum absolute atomic E-state index is 14.1. The Morgan fingerprint density at radius 2 is 1.45 bits per heavy atom. The van der Waals surface area contributed by atoms with E-state index >= 15 is 0 Å². The molecular weight excluding hydrogens is 565 g/mol. The molecule has 0 spiro atoms. The van der Waals surface area contributed by atoms with Crippen LogP contribution >= 0.6 is 12.4 Å². The highest BCUT2D eigenvalue weighted by Crippen LogP contribution is 2.41. The lowest BCUT2D eigenvalue weighted by atomic mass is 10.0. The third kappa shape index (κ3) is 7.22. The van der Waals surface area contributed by atoms with Gasteiger partial charge in [0.2, 0.25) is 0 Å². The highest BCUT2D eigenvalue weighted by molar-refractivity contribution is 5.85. The summed E-state index contributed by atoms with van der Waals surface area (Å²) in [6, 6.07) is 23.4. The fraction of sp³-hybridized carbons (Fsp3) is 0.125. The summed E-state index contributed by atoms with van der Waals surface area (Å²) >= 11 is 0. The fourth-order valence-electron chi connectivity index (χ4n) is 4.08. The topological polar surface area (TPSA) is 80.8 Å². The zero-order chi connectivity index (χ0) is 29.0. The number of aromatic amines is 1. The van der Waals surface area contributed by atoms with Crippen LogP contribution < -0.4 is 10.4 Å². The van der Waals surface area contributed by atoms with Crippen molar-refractivity contribution in [1.29, 1.82) is 0 Å². The van der Waals surface area contributed by atoms with E-state index in [1.54, 1.807) is 49.4 Å². The summed E-state index contributed by atoms with van der Waals surface area (Å²) < 4.78 is 48.1. The molecule has 0 saturated heterocycles. The Balaban J connectivity index is 0.00000405.